The van der Waals surface area contributed by atoms with E-state index in [0.717, 1.165) is 12.8 Å². The highest BCUT2D eigenvalue weighted by atomic mass is 19.1. The molecule has 1 unspecified atom stereocenters. The highest BCUT2D eigenvalue weighted by Crippen LogP contribution is 2.31. The van der Waals surface area contributed by atoms with Crippen LogP contribution in [0.2, 0.25) is 0 Å². The third-order valence-electron chi connectivity index (χ3n) is 5.35. The summed E-state index contributed by atoms with van der Waals surface area (Å²) in [6.45, 7) is 0.323. The molecule has 34 heavy (non-hydrogen) atoms. The summed E-state index contributed by atoms with van der Waals surface area (Å²) in [7, 11) is 0. The normalized spacial score (nSPS) is 16.9. The van der Waals surface area contributed by atoms with Crippen LogP contribution in [0.1, 0.15) is 29.6 Å². The minimum absolute atomic E-state index is 0.171. The zero-order valence-corrected chi connectivity index (χ0v) is 17.9. The number of hydrogen-bond acceptors (Lipinski definition) is 5. The summed E-state index contributed by atoms with van der Waals surface area (Å²) in [5.41, 5.74) is 1.31. The molecule has 1 atom stereocenters. The molecule has 0 radical (unpaired) electrons. The van der Waals surface area contributed by atoms with Crippen LogP contribution >= 0.6 is 0 Å². The number of anilines is 2. The Labute approximate surface area is 193 Å². The average Bonchev–Trinajstić information content (AvgIpc) is 2.91. The van der Waals surface area contributed by atoms with Crippen molar-refractivity contribution < 1.29 is 38.6 Å². The van der Waals surface area contributed by atoms with E-state index in [2.05, 4.69) is 5.32 Å². The second-order valence-corrected chi connectivity index (χ2v) is 7.62. The number of aliphatic carboxylic acids is 2. The van der Waals surface area contributed by atoms with Gasteiger partial charge in [0.05, 0.1) is 11.3 Å². The molecule has 4 rings (SSSR count). The number of para-hydroxylation sites is 1. The Kier molecular flexibility index (Phi) is 7.57. The van der Waals surface area contributed by atoms with Crippen LogP contribution in [0.3, 0.4) is 0 Å². The molecule has 1 fully saturated rings. The molecular formula is C23H22FN3O7. The van der Waals surface area contributed by atoms with Crippen LogP contribution in [0.4, 0.5) is 15.8 Å². The Morgan fingerprint density at radius 2 is 1.62 bits per heavy atom. The zero-order chi connectivity index (χ0) is 24.8. The van der Waals surface area contributed by atoms with E-state index in [1.165, 1.54) is 29.2 Å². The van der Waals surface area contributed by atoms with Crippen LogP contribution in [0.25, 0.3) is 0 Å². The van der Waals surface area contributed by atoms with E-state index in [9.17, 15) is 18.8 Å². The number of nitrogens with zero attached hydrogens (tertiary/aromatic N) is 2. The van der Waals surface area contributed by atoms with Gasteiger partial charge in [0.1, 0.15) is 18.4 Å². The molecule has 1 saturated heterocycles. The third kappa shape index (κ3) is 5.55. The first-order valence-electron chi connectivity index (χ1n) is 10.4. The number of amides is 3. The quantitative estimate of drug-likeness (QED) is 0.581. The standard InChI is InChI=1S/C21H20FN3O3.C2H2O4/c22-14-8-10-15(11-9-14)23-19(26)13-25-17-6-2-1-5-16(17)20(27)24-12-4-3-7-18(24)21(25)28;3-1(4)2(5)6/h1-2,5-6,8-11,18H,3-4,7,12-13H2,(H,23,26);(H,3,4)(H,5,6). The number of carboxylic acid groups (broad SMARTS) is 2. The van der Waals surface area contributed by atoms with E-state index in [1.54, 1.807) is 29.2 Å². The van der Waals surface area contributed by atoms with E-state index in [4.69, 9.17) is 19.8 Å². The van der Waals surface area contributed by atoms with E-state index >= 15 is 0 Å². The lowest BCUT2D eigenvalue weighted by Crippen LogP contribution is -2.52. The largest absolute Gasteiger partial charge is 0.473 e. The van der Waals surface area contributed by atoms with Crippen molar-refractivity contribution in [2.24, 2.45) is 0 Å². The molecule has 0 spiro atoms. The van der Waals surface area contributed by atoms with Gasteiger partial charge in [0, 0.05) is 12.2 Å². The Morgan fingerprint density at radius 1 is 0.971 bits per heavy atom. The fourth-order valence-corrected chi connectivity index (χ4v) is 3.81. The van der Waals surface area contributed by atoms with Crippen molar-refractivity contribution in [3.8, 4) is 0 Å². The van der Waals surface area contributed by atoms with Gasteiger partial charge in [-0.1, -0.05) is 12.1 Å². The molecule has 178 valence electrons. The Morgan fingerprint density at radius 3 is 2.26 bits per heavy atom. The van der Waals surface area contributed by atoms with Crippen molar-refractivity contribution in [2.45, 2.75) is 25.3 Å². The number of rotatable bonds is 3. The number of halogens is 1. The number of carboxylic acids is 2. The van der Waals surface area contributed by atoms with E-state index in [1.807, 2.05) is 0 Å². The maximum atomic E-state index is 13.2. The van der Waals surface area contributed by atoms with Gasteiger partial charge in [-0.05, 0) is 55.7 Å². The first kappa shape index (κ1) is 24.4. The lowest BCUT2D eigenvalue weighted by molar-refractivity contribution is -0.159. The van der Waals surface area contributed by atoms with Gasteiger partial charge >= 0.3 is 11.9 Å². The summed E-state index contributed by atoms with van der Waals surface area (Å²) in [5.74, 6) is -4.87. The topological polar surface area (TPSA) is 144 Å². The van der Waals surface area contributed by atoms with Crippen LogP contribution < -0.4 is 10.2 Å². The minimum Gasteiger partial charge on any atom is -0.473 e. The van der Waals surface area contributed by atoms with Gasteiger partial charge in [0.2, 0.25) is 11.8 Å². The summed E-state index contributed by atoms with van der Waals surface area (Å²) in [5, 5.41) is 17.5. The second-order valence-electron chi connectivity index (χ2n) is 7.62. The molecule has 0 aromatic heterocycles. The summed E-state index contributed by atoms with van der Waals surface area (Å²) in [6, 6.07) is 11.7. The van der Waals surface area contributed by atoms with Gasteiger partial charge in [-0.2, -0.15) is 0 Å². The molecule has 3 amide bonds. The van der Waals surface area contributed by atoms with Crippen molar-refractivity contribution in [3.63, 3.8) is 0 Å². The van der Waals surface area contributed by atoms with Gasteiger partial charge in [0.25, 0.3) is 5.91 Å². The maximum Gasteiger partial charge on any atom is 0.414 e. The zero-order valence-electron chi connectivity index (χ0n) is 17.9. The number of benzene rings is 2. The second kappa shape index (κ2) is 10.6. The highest BCUT2D eigenvalue weighted by molar-refractivity contribution is 6.27. The minimum atomic E-state index is -1.82. The van der Waals surface area contributed by atoms with Gasteiger partial charge in [-0.15, -0.1) is 0 Å². The van der Waals surface area contributed by atoms with Crippen molar-refractivity contribution in [1.29, 1.82) is 0 Å². The van der Waals surface area contributed by atoms with Gasteiger partial charge in [-0.3, -0.25) is 14.4 Å². The summed E-state index contributed by atoms with van der Waals surface area (Å²) in [6.07, 6.45) is 2.32. The number of carbonyl (C=O) groups is 5. The number of fused-ring (bicyclic) bond motifs is 2. The fourth-order valence-electron chi connectivity index (χ4n) is 3.81. The van der Waals surface area contributed by atoms with Gasteiger partial charge < -0.3 is 25.3 Å². The van der Waals surface area contributed by atoms with Crippen LogP contribution in [0.5, 0.6) is 0 Å². The lowest BCUT2D eigenvalue weighted by Gasteiger charge is -2.34. The smallest absolute Gasteiger partial charge is 0.414 e. The first-order chi connectivity index (χ1) is 16.2. The monoisotopic (exact) mass is 471 g/mol. The van der Waals surface area contributed by atoms with Crippen molar-refractivity contribution in [2.75, 3.05) is 23.3 Å². The van der Waals surface area contributed by atoms with E-state index in [-0.39, 0.29) is 18.4 Å². The molecule has 2 aromatic rings. The number of nitrogens with one attached hydrogen (secondary N) is 1. The van der Waals surface area contributed by atoms with Crippen LogP contribution in [-0.2, 0) is 19.2 Å². The molecule has 2 aliphatic rings. The predicted molar refractivity (Wildman–Crippen MR) is 118 cm³/mol. The van der Waals surface area contributed by atoms with Crippen LogP contribution in [0.15, 0.2) is 48.5 Å². The summed E-state index contributed by atoms with van der Waals surface area (Å²) in [4.78, 5) is 60.0. The molecule has 3 N–H and O–H groups in total. The molecule has 11 heteroatoms. The number of hydrogen-bond donors (Lipinski definition) is 3. The van der Waals surface area contributed by atoms with Crippen LogP contribution in [0, 0.1) is 5.82 Å². The molecule has 10 nitrogen and oxygen atoms in total. The molecular weight excluding hydrogens is 449 g/mol. The lowest BCUT2D eigenvalue weighted by atomic mass is 10.0. The number of carbonyl (C=O) groups excluding carboxylic acids is 3. The molecule has 0 bridgehead atoms. The third-order valence-corrected chi connectivity index (χ3v) is 5.35. The fraction of sp³-hybridized carbons (Fsp3) is 0.261. The molecule has 2 aromatic carbocycles. The SMILES string of the molecule is O=C(CN1C(=O)C2CCCCN2C(=O)c2ccccc21)Nc1ccc(F)cc1.O=C(O)C(=O)O. The van der Waals surface area contributed by atoms with Gasteiger partial charge in [0.15, 0.2) is 0 Å². The summed E-state index contributed by atoms with van der Waals surface area (Å²) < 4.78 is 13.1. The Bertz CT molecular complexity index is 1110. The van der Waals surface area contributed by atoms with E-state index < -0.39 is 29.7 Å². The van der Waals surface area contributed by atoms with Crippen LogP contribution in [-0.4, -0.2) is 63.9 Å². The molecule has 2 aliphatic heterocycles. The van der Waals surface area contributed by atoms with Crippen molar-refractivity contribution >= 4 is 41.0 Å². The molecule has 2 heterocycles. The van der Waals surface area contributed by atoms with Crippen molar-refractivity contribution in [3.05, 3.63) is 59.9 Å². The average molecular weight is 471 g/mol. The summed E-state index contributed by atoms with van der Waals surface area (Å²) >= 11 is 0. The number of piperidine rings is 1. The van der Waals surface area contributed by atoms with E-state index in [0.29, 0.717) is 29.9 Å². The molecule has 0 saturated carbocycles. The van der Waals surface area contributed by atoms with Gasteiger partial charge in [-0.25, -0.2) is 14.0 Å². The maximum absolute atomic E-state index is 13.2. The predicted octanol–water partition coefficient (Wildman–Crippen LogP) is 1.96. The Hall–Kier alpha value is -4.28. The van der Waals surface area contributed by atoms with Crippen molar-refractivity contribution in [1.82, 2.24) is 4.90 Å². The highest BCUT2D eigenvalue weighted by Gasteiger charge is 2.40. The molecule has 0 aliphatic carbocycles. The Balaban J connectivity index is 0.000000481. The first-order valence-corrected chi connectivity index (χ1v) is 10.4.